The minimum atomic E-state index is -0.243. The van der Waals surface area contributed by atoms with E-state index in [2.05, 4.69) is 10.3 Å². The predicted octanol–water partition coefficient (Wildman–Crippen LogP) is 3.11. The number of carbonyl (C=O) groups is 1. The van der Waals surface area contributed by atoms with E-state index in [-0.39, 0.29) is 17.9 Å². The smallest absolute Gasteiger partial charge is 0.228 e. The van der Waals surface area contributed by atoms with Crippen molar-refractivity contribution in [3.8, 4) is 11.5 Å². The Hall–Kier alpha value is -2.10. The maximum atomic E-state index is 11.9. The standard InChI is InChI=1S/C16H20N2O2/c1-11-13(10-14(19)18-16(2,3)4)20-15(17-11)12-8-6-5-7-9-12/h5-9H,10H2,1-4H3,(H,18,19). The molecular formula is C16H20N2O2. The Morgan fingerprint density at radius 1 is 1.25 bits per heavy atom. The molecule has 0 bridgehead atoms. The second-order valence-electron chi connectivity index (χ2n) is 5.87. The van der Waals surface area contributed by atoms with E-state index in [0.717, 1.165) is 11.3 Å². The molecule has 4 nitrogen and oxygen atoms in total. The highest BCUT2D eigenvalue weighted by Gasteiger charge is 2.18. The zero-order chi connectivity index (χ0) is 14.8. The van der Waals surface area contributed by atoms with Gasteiger partial charge in [0, 0.05) is 11.1 Å². The van der Waals surface area contributed by atoms with E-state index < -0.39 is 0 Å². The van der Waals surface area contributed by atoms with Crippen LogP contribution < -0.4 is 5.32 Å². The summed E-state index contributed by atoms with van der Waals surface area (Å²) in [6.07, 6.45) is 0.211. The summed E-state index contributed by atoms with van der Waals surface area (Å²) in [6.45, 7) is 7.71. The number of hydrogen-bond donors (Lipinski definition) is 1. The highest BCUT2D eigenvalue weighted by Crippen LogP contribution is 2.21. The predicted molar refractivity (Wildman–Crippen MR) is 78.3 cm³/mol. The second-order valence-corrected chi connectivity index (χ2v) is 5.87. The zero-order valence-corrected chi connectivity index (χ0v) is 12.4. The number of hydrogen-bond acceptors (Lipinski definition) is 3. The van der Waals surface area contributed by atoms with Gasteiger partial charge in [-0.05, 0) is 39.8 Å². The summed E-state index contributed by atoms with van der Waals surface area (Å²) in [7, 11) is 0. The highest BCUT2D eigenvalue weighted by molar-refractivity contribution is 5.79. The number of oxazole rings is 1. The van der Waals surface area contributed by atoms with Crippen LogP contribution in [0.3, 0.4) is 0 Å². The fourth-order valence-corrected chi connectivity index (χ4v) is 1.90. The topological polar surface area (TPSA) is 55.1 Å². The lowest BCUT2D eigenvalue weighted by atomic mass is 10.1. The van der Waals surface area contributed by atoms with Gasteiger partial charge in [-0.2, -0.15) is 0 Å². The van der Waals surface area contributed by atoms with Crippen LogP contribution in [-0.2, 0) is 11.2 Å². The van der Waals surface area contributed by atoms with E-state index in [9.17, 15) is 4.79 Å². The molecule has 0 spiro atoms. The van der Waals surface area contributed by atoms with Gasteiger partial charge in [0.2, 0.25) is 11.8 Å². The van der Waals surface area contributed by atoms with Gasteiger partial charge in [-0.15, -0.1) is 0 Å². The number of benzene rings is 1. The van der Waals surface area contributed by atoms with Crippen molar-refractivity contribution in [2.45, 2.75) is 39.7 Å². The average molecular weight is 272 g/mol. The van der Waals surface area contributed by atoms with Crippen LogP contribution >= 0.6 is 0 Å². The molecule has 0 unspecified atom stereocenters. The highest BCUT2D eigenvalue weighted by atomic mass is 16.4. The van der Waals surface area contributed by atoms with Gasteiger partial charge in [-0.1, -0.05) is 18.2 Å². The number of rotatable bonds is 3. The Balaban J connectivity index is 2.15. The number of carbonyl (C=O) groups excluding carboxylic acids is 1. The van der Waals surface area contributed by atoms with Crippen LogP contribution in [0.1, 0.15) is 32.2 Å². The van der Waals surface area contributed by atoms with Gasteiger partial charge in [0.05, 0.1) is 12.1 Å². The largest absolute Gasteiger partial charge is 0.440 e. The number of aromatic nitrogens is 1. The van der Waals surface area contributed by atoms with Crippen LogP contribution in [0.2, 0.25) is 0 Å². The average Bonchev–Trinajstić information content (AvgIpc) is 2.70. The van der Waals surface area contributed by atoms with Crippen molar-refractivity contribution in [2.24, 2.45) is 0 Å². The summed E-state index contributed by atoms with van der Waals surface area (Å²) in [5.41, 5.74) is 1.43. The summed E-state index contributed by atoms with van der Waals surface area (Å²) in [4.78, 5) is 16.3. The van der Waals surface area contributed by atoms with Crippen molar-refractivity contribution in [3.63, 3.8) is 0 Å². The summed E-state index contributed by atoms with van der Waals surface area (Å²) in [5.74, 6) is 1.11. The van der Waals surface area contributed by atoms with Gasteiger partial charge in [0.25, 0.3) is 0 Å². The molecule has 0 radical (unpaired) electrons. The van der Waals surface area contributed by atoms with Gasteiger partial charge >= 0.3 is 0 Å². The molecule has 2 aromatic rings. The quantitative estimate of drug-likeness (QED) is 0.934. The van der Waals surface area contributed by atoms with Crippen molar-refractivity contribution in [2.75, 3.05) is 0 Å². The molecule has 1 amide bonds. The molecule has 0 aliphatic rings. The van der Waals surface area contributed by atoms with Crippen LogP contribution in [0.15, 0.2) is 34.7 Å². The van der Waals surface area contributed by atoms with Crippen LogP contribution in [0.25, 0.3) is 11.5 Å². The zero-order valence-electron chi connectivity index (χ0n) is 12.4. The molecule has 0 atom stereocenters. The fraction of sp³-hybridized carbons (Fsp3) is 0.375. The van der Waals surface area contributed by atoms with Crippen molar-refractivity contribution >= 4 is 5.91 Å². The van der Waals surface area contributed by atoms with Crippen LogP contribution in [-0.4, -0.2) is 16.4 Å². The van der Waals surface area contributed by atoms with Gasteiger partial charge in [-0.3, -0.25) is 4.79 Å². The first kappa shape index (κ1) is 14.3. The third kappa shape index (κ3) is 3.70. The molecule has 0 fully saturated rings. The van der Waals surface area contributed by atoms with Crippen molar-refractivity contribution in [1.82, 2.24) is 10.3 Å². The Morgan fingerprint density at radius 3 is 2.50 bits per heavy atom. The van der Waals surface area contributed by atoms with E-state index in [0.29, 0.717) is 11.7 Å². The van der Waals surface area contributed by atoms with E-state index in [4.69, 9.17) is 4.42 Å². The fourth-order valence-electron chi connectivity index (χ4n) is 1.90. The normalized spacial score (nSPS) is 11.4. The molecule has 0 saturated heterocycles. The Morgan fingerprint density at radius 2 is 1.90 bits per heavy atom. The molecule has 1 aromatic heterocycles. The number of nitrogens with zero attached hydrogens (tertiary/aromatic N) is 1. The maximum absolute atomic E-state index is 11.9. The summed E-state index contributed by atoms with van der Waals surface area (Å²) in [6, 6.07) is 9.67. The molecule has 0 aliphatic carbocycles. The summed E-state index contributed by atoms with van der Waals surface area (Å²) >= 11 is 0. The second kappa shape index (κ2) is 5.49. The lowest BCUT2D eigenvalue weighted by molar-refractivity contribution is -0.122. The SMILES string of the molecule is Cc1nc(-c2ccccc2)oc1CC(=O)NC(C)(C)C. The number of nitrogens with one attached hydrogen (secondary N) is 1. The molecule has 4 heteroatoms. The first-order valence-electron chi connectivity index (χ1n) is 6.68. The third-order valence-electron chi connectivity index (χ3n) is 2.75. The van der Waals surface area contributed by atoms with Crippen LogP contribution in [0.4, 0.5) is 0 Å². The Bertz CT molecular complexity index is 595. The molecule has 2 rings (SSSR count). The van der Waals surface area contributed by atoms with E-state index in [1.54, 1.807) is 0 Å². The van der Waals surface area contributed by atoms with Gasteiger partial charge in [-0.25, -0.2) is 4.98 Å². The van der Waals surface area contributed by atoms with Gasteiger partial charge in [0.1, 0.15) is 5.76 Å². The maximum Gasteiger partial charge on any atom is 0.228 e. The molecule has 106 valence electrons. The van der Waals surface area contributed by atoms with Crippen LogP contribution in [0, 0.1) is 6.92 Å². The summed E-state index contributed by atoms with van der Waals surface area (Å²) < 4.78 is 5.71. The van der Waals surface area contributed by atoms with E-state index in [1.165, 1.54) is 0 Å². The molecule has 1 aromatic carbocycles. The van der Waals surface area contributed by atoms with Crippen molar-refractivity contribution in [1.29, 1.82) is 0 Å². The first-order chi connectivity index (χ1) is 9.35. The minimum absolute atomic E-state index is 0.0589. The van der Waals surface area contributed by atoms with E-state index >= 15 is 0 Å². The summed E-state index contributed by atoms with van der Waals surface area (Å²) in [5, 5.41) is 2.92. The molecule has 0 aliphatic heterocycles. The third-order valence-corrected chi connectivity index (χ3v) is 2.75. The molecular weight excluding hydrogens is 252 g/mol. The van der Waals surface area contributed by atoms with Gasteiger partial charge < -0.3 is 9.73 Å². The van der Waals surface area contributed by atoms with Gasteiger partial charge in [0.15, 0.2) is 0 Å². The molecule has 0 saturated carbocycles. The first-order valence-corrected chi connectivity index (χ1v) is 6.68. The lowest BCUT2D eigenvalue weighted by Gasteiger charge is -2.20. The van der Waals surface area contributed by atoms with Crippen LogP contribution in [0.5, 0.6) is 0 Å². The Kier molecular flexibility index (Phi) is 3.93. The minimum Gasteiger partial charge on any atom is -0.440 e. The molecule has 1 N–H and O–H groups in total. The monoisotopic (exact) mass is 272 g/mol. The van der Waals surface area contributed by atoms with Crippen molar-refractivity contribution < 1.29 is 9.21 Å². The van der Waals surface area contributed by atoms with E-state index in [1.807, 2.05) is 58.0 Å². The number of aryl methyl sites for hydroxylation is 1. The lowest BCUT2D eigenvalue weighted by Crippen LogP contribution is -2.41. The molecule has 1 heterocycles. The van der Waals surface area contributed by atoms with Crippen molar-refractivity contribution in [3.05, 3.63) is 41.8 Å². The number of amides is 1. The molecule has 20 heavy (non-hydrogen) atoms. The Labute approximate surface area is 119 Å².